The van der Waals surface area contributed by atoms with Crippen LogP contribution in [0.1, 0.15) is 0 Å². The highest BCUT2D eigenvalue weighted by molar-refractivity contribution is 7.89. The summed E-state index contributed by atoms with van der Waals surface area (Å²) in [5.74, 6) is 0.155. The van der Waals surface area contributed by atoms with E-state index in [2.05, 4.69) is 20.1 Å². The maximum atomic E-state index is 11.9. The number of hydrogen-bond donors (Lipinski definition) is 1. The molecule has 12 heteroatoms. The maximum Gasteiger partial charge on any atom is 0.348 e. The molecule has 0 aliphatic rings. The number of nitrogens with one attached hydrogen (secondary N) is 1. The number of rotatable bonds is 5. The van der Waals surface area contributed by atoms with Crippen LogP contribution >= 0.6 is 0 Å². The minimum absolute atomic E-state index is 0.0329. The van der Waals surface area contributed by atoms with Crippen molar-refractivity contribution in [1.82, 2.24) is 29.6 Å². The average Bonchev–Trinajstić information content (AvgIpc) is 3.01. The van der Waals surface area contributed by atoms with Crippen LogP contribution in [0.3, 0.4) is 0 Å². The van der Waals surface area contributed by atoms with Crippen molar-refractivity contribution < 1.29 is 13.5 Å². The summed E-state index contributed by atoms with van der Waals surface area (Å²) in [7, 11) is -4.52. The van der Waals surface area contributed by atoms with E-state index < -0.39 is 20.2 Å². The summed E-state index contributed by atoms with van der Waals surface area (Å²) in [6.07, 6.45) is 2.91. The first-order chi connectivity index (χ1) is 11.5. The Hall–Kier alpha value is -3.41. The molecule has 0 radical (unpaired) electrons. The van der Waals surface area contributed by atoms with Crippen molar-refractivity contribution in [2.75, 3.05) is 0 Å². The van der Waals surface area contributed by atoms with E-state index >= 15 is 0 Å². The quantitative estimate of drug-likeness (QED) is 0.508. The van der Waals surface area contributed by atoms with Crippen LogP contribution in [0.15, 0.2) is 53.9 Å². The van der Waals surface area contributed by atoms with Gasteiger partial charge in [0.15, 0.2) is 10.9 Å². The number of hydrazine groups is 1. The molecule has 11 nitrogen and oxygen atoms in total. The number of hydrogen-bond acceptors (Lipinski definition) is 8. The monoisotopic (exact) mass is 347 g/mol. The van der Waals surface area contributed by atoms with Crippen LogP contribution in [0.4, 0.5) is 0 Å². The number of aromatic nitrogens is 5. The molecule has 122 valence electrons. The summed E-state index contributed by atoms with van der Waals surface area (Å²) >= 11 is 0. The largest absolute Gasteiger partial charge is 0.348 e. The molecule has 0 atom stereocenters. The molecule has 0 unspecified atom stereocenters. The fourth-order valence-electron chi connectivity index (χ4n) is 1.85. The van der Waals surface area contributed by atoms with Crippen molar-refractivity contribution in [1.29, 1.82) is 0 Å². The zero-order chi connectivity index (χ0) is 17.2. The van der Waals surface area contributed by atoms with E-state index in [1.54, 1.807) is 36.4 Å². The van der Waals surface area contributed by atoms with Gasteiger partial charge in [-0.1, -0.05) is 18.2 Å². The molecule has 1 aromatic carbocycles. The lowest BCUT2D eigenvalue weighted by Gasteiger charge is -2.03. The summed E-state index contributed by atoms with van der Waals surface area (Å²) in [5, 5.41) is 12.3. The van der Waals surface area contributed by atoms with Crippen LogP contribution in [0.2, 0.25) is 0 Å². The van der Waals surface area contributed by atoms with E-state index in [9.17, 15) is 18.5 Å². The predicted molar refractivity (Wildman–Crippen MR) is 79.7 cm³/mol. The first-order valence-electron chi connectivity index (χ1n) is 6.44. The van der Waals surface area contributed by atoms with Crippen LogP contribution in [-0.4, -0.2) is 38.2 Å². The Balaban J connectivity index is 2.19. The molecule has 0 bridgehead atoms. The first-order valence-corrected chi connectivity index (χ1v) is 7.92. The molecule has 3 rings (SSSR count). The van der Waals surface area contributed by atoms with Crippen molar-refractivity contribution in [2.24, 2.45) is 0 Å². The maximum absolute atomic E-state index is 11.9. The highest BCUT2D eigenvalue weighted by Crippen LogP contribution is 2.19. The predicted octanol–water partition coefficient (Wildman–Crippen LogP) is 0.194. The second-order valence-electron chi connectivity index (χ2n) is 4.39. The van der Waals surface area contributed by atoms with Gasteiger partial charge < -0.3 is 0 Å². The summed E-state index contributed by atoms with van der Waals surface area (Å²) in [4.78, 5) is 23.5. The first kappa shape index (κ1) is 15.5. The van der Waals surface area contributed by atoms with E-state index in [0.717, 1.165) is 0 Å². The van der Waals surface area contributed by atoms with Gasteiger partial charge in [-0.15, -0.1) is 5.10 Å². The second-order valence-corrected chi connectivity index (χ2v) is 5.94. The van der Waals surface area contributed by atoms with E-state index in [1.807, 2.05) is 0 Å². The Labute approximate surface area is 135 Å². The topological polar surface area (TPSA) is 146 Å². The van der Waals surface area contributed by atoms with Crippen LogP contribution in [0, 0.1) is 10.1 Å². The standard InChI is InChI=1S/C12H9N7O4S/c20-19(21)17-24(22,23)12-15-11(10-13-7-4-8-14-10)18(16-12)9-5-2-1-3-6-9/h1-8,17H. The molecular formula is C12H9N7O4S. The van der Waals surface area contributed by atoms with Crippen molar-refractivity contribution >= 4 is 10.0 Å². The van der Waals surface area contributed by atoms with Gasteiger partial charge in [0.05, 0.1) is 5.69 Å². The number of sulfonamides is 1. The number of nitrogens with zero attached hydrogens (tertiary/aromatic N) is 6. The molecule has 2 heterocycles. The minimum atomic E-state index is -4.52. The highest BCUT2D eigenvalue weighted by atomic mass is 32.2. The lowest BCUT2D eigenvalue weighted by Crippen LogP contribution is -2.30. The Bertz CT molecular complexity index is 916. The van der Waals surface area contributed by atoms with Gasteiger partial charge in [-0.2, -0.15) is 13.4 Å². The molecular weight excluding hydrogens is 338 g/mol. The zero-order valence-corrected chi connectivity index (χ0v) is 12.7. The second kappa shape index (κ2) is 6.00. The van der Waals surface area contributed by atoms with Crippen LogP contribution in [0.25, 0.3) is 17.3 Å². The Kier molecular flexibility index (Phi) is 3.87. The number of para-hydroxylation sites is 1. The van der Waals surface area contributed by atoms with E-state index in [1.165, 1.54) is 21.9 Å². The summed E-state index contributed by atoms with van der Waals surface area (Å²) in [5.41, 5.74) is 0.495. The molecule has 3 aromatic rings. The molecule has 0 spiro atoms. The molecule has 24 heavy (non-hydrogen) atoms. The van der Waals surface area contributed by atoms with Crippen LogP contribution < -0.4 is 4.83 Å². The van der Waals surface area contributed by atoms with Crippen molar-refractivity contribution in [3.8, 4) is 17.3 Å². The Morgan fingerprint density at radius 2 is 1.75 bits per heavy atom. The van der Waals surface area contributed by atoms with Gasteiger partial charge in [-0.25, -0.2) is 24.8 Å². The molecule has 0 aliphatic carbocycles. The number of nitro groups is 1. The summed E-state index contributed by atoms with van der Waals surface area (Å²) in [6, 6.07) is 10.1. The van der Waals surface area contributed by atoms with Crippen molar-refractivity contribution in [3.63, 3.8) is 0 Å². The lowest BCUT2D eigenvalue weighted by molar-refractivity contribution is -0.518. The molecule has 0 saturated heterocycles. The Morgan fingerprint density at radius 3 is 2.38 bits per heavy atom. The zero-order valence-electron chi connectivity index (χ0n) is 11.8. The molecule has 0 aliphatic heterocycles. The van der Waals surface area contributed by atoms with E-state index in [0.29, 0.717) is 5.69 Å². The fourth-order valence-corrected chi connectivity index (χ4v) is 2.53. The van der Waals surface area contributed by atoms with Gasteiger partial charge in [0.1, 0.15) is 0 Å². The van der Waals surface area contributed by atoms with Crippen molar-refractivity contribution in [3.05, 3.63) is 58.9 Å². The van der Waals surface area contributed by atoms with E-state index in [-0.39, 0.29) is 11.6 Å². The highest BCUT2D eigenvalue weighted by Gasteiger charge is 2.28. The van der Waals surface area contributed by atoms with Gasteiger partial charge in [0.2, 0.25) is 5.82 Å². The molecule has 0 fully saturated rings. The minimum Gasteiger partial charge on any atom is -0.234 e. The van der Waals surface area contributed by atoms with E-state index in [4.69, 9.17) is 0 Å². The van der Waals surface area contributed by atoms with Gasteiger partial charge in [0.25, 0.3) is 5.16 Å². The van der Waals surface area contributed by atoms with Gasteiger partial charge in [0, 0.05) is 12.4 Å². The SMILES string of the molecule is O=[N+]([O-])NS(=O)(=O)c1nc(-c2ncccn2)n(-c2ccccc2)n1. The molecule has 0 amide bonds. The van der Waals surface area contributed by atoms with Crippen LogP contribution in [-0.2, 0) is 10.0 Å². The fraction of sp³-hybridized carbons (Fsp3) is 0. The molecule has 0 saturated carbocycles. The van der Waals surface area contributed by atoms with Crippen LogP contribution in [0.5, 0.6) is 0 Å². The molecule has 1 N–H and O–H groups in total. The Morgan fingerprint density at radius 1 is 1.08 bits per heavy atom. The normalized spacial score (nSPS) is 11.2. The molecule has 2 aromatic heterocycles. The van der Waals surface area contributed by atoms with Gasteiger partial charge in [-0.3, -0.25) is 0 Å². The third-order valence-corrected chi connectivity index (χ3v) is 3.83. The number of benzene rings is 1. The third-order valence-electron chi connectivity index (χ3n) is 2.79. The smallest absolute Gasteiger partial charge is 0.234 e. The van der Waals surface area contributed by atoms with Gasteiger partial charge in [-0.05, 0) is 23.0 Å². The summed E-state index contributed by atoms with van der Waals surface area (Å²) < 4.78 is 25.1. The van der Waals surface area contributed by atoms with Crippen molar-refractivity contribution in [2.45, 2.75) is 5.16 Å². The van der Waals surface area contributed by atoms with Gasteiger partial charge >= 0.3 is 10.0 Å². The third kappa shape index (κ3) is 3.03. The average molecular weight is 347 g/mol. The summed E-state index contributed by atoms with van der Waals surface area (Å²) in [6.45, 7) is 0. The lowest BCUT2D eigenvalue weighted by atomic mass is 10.3.